The Morgan fingerprint density at radius 2 is 1.97 bits per heavy atom. The molecule has 1 amide bonds. The number of azide groups is 1. The van der Waals surface area contributed by atoms with Crippen molar-refractivity contribution in [1.29, 1.82) is 0 Å². The molecule has 1 heterocycles. The van der Waals surface area contributed by atoms with Crippen molar-refractivity contribution in [1.82, 2.24) is 10.3 Å². The molecular weight excluding hydrogens is 462 g/mol. The minimum atomic E-state index is -0.833. The number of nitrogens with zero attached hydrogens (tertiary/aromatic N) is 4. The third-order valence-corrected chi connectivity index (χ3v) is 4.49. The van der Waals surface area contributed by atoms with Gasteiger partial charge in [-0.25, -0.2) is 9.78 Å². The van der Waals surface area contributed by atoms with E-state index in [-0.39, 0.29) is 44.2 Å². The molecule has 194 valence electrons. The summed E-state index contributed by atoms with van der Waals surface area (Å²) in [5.74, 6) is -0.879. The van der Waals surface area contributed by atoms with E-state index in [9.17, 15) is 9.59 Å². The molecule has 13 heteroatoms. The Bertz CT molecular complexity index is 894. The van der Waals surface area contributed by atoms with Crippen LogP contribution in [-0.4, -0.2) is 76.6 Å². The number of methoxy groups -OCH3 is 3. The predicted octanol–water partition coefficient (Wildman–Crippen LogP) is 2.69. The van der Waals surface area contributed by atoms with Crippen molar-refractivity contribution < 1.29 is 37.7 Å². The second-order valence-corrected chi connectivity index (χ2v) is 7.32. The number of nitrogens with one attached hydrogen (secondary N) is 1. The van der Waals surface area contributed by atoms with Crippen molar-refractivity contribution in [3.8, 4) is 0 Å². The first-order valence-corrected chi connectivity index (χ1v) is 10.7. The van der Waals surface area contributed by atoms with Gasteiger partial charge >= 0.3 is 5.97 Å². The van der Waals surface area contributed by atoms with E-state index in [0.29, 0.717) is 6.42 Å². The molecule has 1 rings (SSSR count). The van der Waals surface area contributed by atoms with Gasteiger partial charge in [0.15, 0.2) is 11.6 Å². The Morgan fingerprint density at radius 1 is 1.26 bits per heavy atom. The van der Waals surface area contributed by atoms with Crippen molar-refractivity contribution in [2.45, 2.75) is 44.9 Å². The van der Waals surface area contributed by atoms with Crippen molar-refractivity contribution in [2.75, 3.05) is 41.5 Å². The van der Waals surface area contributed by atoms with E-state index in [1.165, 1.54) is 34.5 Å². The molecule has 0 aliphatic carbocycles. The Morgan fingerprint density at radius 3 is 2.63 bits per heavy atom. The van der Waals surface area contributed by atoms with Gasteiger partial charge in [0.1, 0.15) is 25.9 Å². The summed E-state index contributed by atoms with van der Waals surface area (Å²) in [4.78, 5) is 30.7. The minimum absolute atomic E-state index is 0.0225. The second-order valence-electron chi connectivity index (χ2n) is 7.32. The average Bonchev–Trinajstić information content (AvgIpc) is 3.31. The third kappa shape index (κ3) is 12.2. The fourth-order valence-corrected chi connectivity index (χ4v) is 2.85. The van der Waals surface area contributed by atoms with Gasteiger partial charge in [0.05, 0.1) is 25.7 Å². The van der Waals surface area contributed by atoms with Crippen LogP contribution in [0.1, 0.15) is 36.6 Å². The fourth-order valence-electron chi connectivity index (χ4n) is 2.85. The minimum Gasteiger partial charge on any atom is -0.467 e. The van der Waals surface area contributed by atoms with Crippen LogP contribution < -0.4 is 5.32 Å². The molecule has 0 aromatic carbocycles. The standard InChI is InChI=1S/C22H33N5O8/c1-15(7-6-8-24-27-23)9-17(34-13-30-3)10-18(35-14-31-4)11-20-26-19(12-33-20)21(28)25-16(2)22(29)32-5/h6-7,9,12,16-18H,8,10-11,13-14H2,1-5H3,(H,25,28)/b7-6+,15-9+/t16-,17-,18-/m1/s1. The Hall–Kier alpha value is -3.22. The maximum absolute atomic E-state index is 12.3. The van der Waals surface area contributed by atoms with Gasteiger partial charge in [0.25, 0.3) is 5.91 Å². The first-order valence-electron chi connectivity index (χ1n) is 10.7. The number of ether oxygens (including phenoxy) is 5. The van der Waals surface area contributed by atoms with E-state index >= 15 is 0 Å². The summed E-state index contributed by atoms with van der Waals surface area (Å²) in [6.07, 6.45) is 6.45. The fraction of sp³-hybridized carbons (Fsp3) is 0.591. The van der Waals surface area contributed by atoms with E-state index in [1.807, 2.05) is 19.1 Å². The second kappa shape index (κ2) is 17.2. The Balaban J connectivity index is 2.91. The smallest absolute Gasteiger partial charge is 0.328 e. The van der Waals surface area contributed by atoms with Crippen LogP contribution in [0.25, 0.3) is 10.4 Å². The lowest BCUT2D eigenvalue weighted by atomic mass is 10.1. The van der Waals surface area contributed by atoms with E-state index < -0.39 is 24.0 Å². The predicted molar refractivity (Wildman–Crippen MR) is 124 cm³/mol. The van der Waals surface area contributed by atoms with Crippen molar-refractivity contribution in [3.63, 3.8) is 0 Å². The number of oxazole rings is 1. The lowest BCUT2D eigenvalue weighted by Gasteiger charge is -2.21. The summed E-state index contributed by atoms with van der Waals surface area (Å²) in [5, 5.41) is 5.94. The van der Waals surface area contributed by atoms with Gasteiger partial charge in [-0.2, -0.15) is 0 Å². The molecule has 1 aromatic rings. The number of amides is 1. The molecule has 0 spiro atoms. The largest absolute Gasteiger partial charge is 0.467 e. The van der Waals surface area contributed by atoms with Gasteiger partial charge in [-0.1, -0.05) is 28.9 Å². The SMILES string of the molecule is COCO[C@@H](Cc1nc(C(=O)N[C@H](C)C(=O)OC)co1)C[C@@H](/C=C(C)/C=C/CN=[N+]=[N-])OCOC. The van der Waals surface area contributed by atoms with E-state index in [4.69, 9.17) is 28.9 Å². The Labute approximate surface area is 204 Å². The summed E-state index contributed by atoms with van der Waals surface area (Å²) in [6, 6.07) is -0.833. The topological polar surface area (TPSA) is 167 Å². The van der Waals surface area contributed by atoms with Gasteiger partial charge in [-0.05, 0) is 19.4 Å². The molecule has 1 N–H and O–H groups in total. The summed E-state index contributed by atoms with van der Waals surface area (Å²) >= 11 is 0. The van der Waals surface area contributed by atoms with Gasteiger partial charge in [0.2, 0.25) is 0 Å². The van der Waals surface area contributed by atoms with Crippen LogP contribution in [0.5, 0.6) is 0 Å². The molecular formula is C22H33N5O8. The zero-order valence-electron chi connectivity index (χ0n) is 20.6. The number of carbonyl (C=O) groups is 2. The maximum Gasteiger partial charge on any atom is 0.328 e. The number of allylic oxidation sites excluding steroid dienone is 2. The van der Waals surface area contributed by atoms with Crippen molar-refractivity contribution in [3.05, 3.63) is 52.1 Å². The van der Waals surface area contributed by atoms with Crippen LogP contribution in [0, 0.1) is 0 Å². The molecule has 0 radical (unpaired) electrons. The molecule has 3 atom stereocenters. The number of rotatable bonds is 17. The molecule has 0 fully saturated rings. The van der Waals surface area contributed by atoms with Crippen LogP contribution in [-0.2, 0) is 34.9 Å². The molecule has 0 aliphatic rings. The van der Waals surface area contributed by atoms with Gasteiger partial charge in [-0.15, -0.1) is 0 Å². The van der Waals surface area contributed by atoms with Crippen LogP contribution in [0.2, 0.25) is 0 Å². The highest BCUT2D eigenvalue weighted by molar-refractivity contribution is 5.94. The molecule has 0 saturated heterocycles. The van der Waals surface area contributed by atoms with Crippen LogP contribution >= 0.6 is 0 Å². The van der Waals surface area contributed by atoms with Crippen molar-refractivity contribution >= 4 is 11.9 Å². The third-order valence-electron chi connectivity index (χ3n) is 4.49. The number of hydrogen-bond donors (Lipinski definition) is 1. The summed E-state index contributed by atoms with van der Waals surface area (Å²) < 4.78 is 31.6. The summed E-state index contributed by atoms with van der Waals surface area (Å²) in [6.45, 7) is 3.72. The molecule has 0 bridgehead atoms. The highest BCUT2D eigenvalue weighted by Crippen LogP contribution is 2.16. The molecule has 0 aliphatic heterocycles. The normalized spacial score (nSPS) is 14.3. The number of hydrogen-bond acceptors (Lipinski definition) is 10. The van der Waals surface area contributed by atoms with Gasteiger partial charge in [-0.3, -0.25) is 4.79 Å². The number of aromatic nitrogens is 1. The summed E-state index contributed by atoms with van der Waals surface area (Å²) in [7, 11) is 4.26. The molecule has 1 aromatic heterocycles. The van der Waals surface area contributed by atoms with E-state index in [1.54, 1.807) is 6.08 Å². The molecule has 0 unspecified atom stereocenters. The molecule has 0 saturated carbocycles. The first kappa shape index (κ1) is 29.8. The molecule has 35 heavy (non-hydrogen) atoms. The quantitative estimate of drug-likeness (QED) is 0.0853. The van der Waals surface area contributed by atoms with Gasteiger partial charge in [0, 0.05) is 32.1 Å². The average molecular weight is 496 g/mol. The molecule has 13 nitrogen and oxygen atoms in total. The van der Waals surface area contributed by atoms with Crippen LogP contribution in [0.3, 0.4) is 0 Å². The number of carbonyl (C=O) groups excluding carboxylic acids is 2. The summed E-state index contributed by atoms with van der Waals surface area (Å²) in [5.41, 5.74) is 9.28. The number of esters is 1. The van der Waals surface area contributed by atoms with Crippen LogP contribution in [0.4, 0.5) is 0 Å². The van der Waals surface area contributed by atoms with E-state index in [2.05, 4.69) is 25.1 Å². The maximum atomic E-state index is 12.3. The lowest BCUT2D eigenvalue weighted by molar-refractivity contribution is -0.142. The lowest BCUT2D eigenvalue weighted by Crippen LogP contribution is -2.39. The van der Waals surface area contributed by atoms with Crippen molar-refractivity contribution in [2.24, 2.45) is 5.11 Å². The monoisotopic (exact) mass is 495 g/mol. The Kier molecular flexibility index (Phi) is 14.7. The highest BCUT2D eigenvalue weighted by Gasteiger charge is 2.23. The van der Waals surface area contributed by atoms with Gasteiger partial charge < -0.3 is 33.4 Å². The highest BCUT2D eigenvalue weighted by atomic mass is 16.7. The van der Waals surface area contributed by atoms with Crippen LogP contribution in [0.15, 0.2) is 39.6 Å². The van der Waals surface area contributed by atoms with E-state index in [0.717, 1.165) is 5.57 Å². The zero-order chi connectivity index (χ0) is 26.1. The zero-order valence-corrected chi connectivity index (χ0v) is 20.6. The first-order chi connectivity index (χ1) is 16.8.